The Hall–Kier alpha value is -1.34. The Balaban J connectivity index is 2.15. The average molecular weight is 297 g/mol. The number of nitrogen functional groups attached to an aromatic ring is 1. The van der Waals surface area contributed by atoms with Gasteiger partial charge in [0.05, 0.1) is 0 Å². The predicted octanol–water partition coefficient (Wildman–Crippen LogP) is 1.13. The van der Waals surface area contributed by atoms with Gasteiger partial charge in [-0.25, -0.2) is 4.98 Å². The van der Waals surface area contributed by atoms with Crippen molar-refractivity contribution < 1.29 is 4.79 Å². The normalized spacial score (nSPS) is 16.8. The van der Waals surface area contributed by atoms with Crippen LogP contribution in [-0.2, 0) is 0 Å². The number of amides is 1. The molecule has 1 aromatic heterocycles. The molecule has 0 atom stereocenters. The van der Waals surface area contributed by atoms with Gasteiger partial charge in [-0.15, -0.1) is 0 Å². The SMILES string of the molecule is CC(C)N(C)C(=O)c1sc(N2CCC(N)CC2)nc1N. The number of rotatable bonds is 3. The van der Waals surface area contributed by atoms with E-state index in [1.165, 1.54) is 11.3 Å². The van der Waals surface area contributed by atoms with Crippen LogP contribution in [0.4, 0.5) is 10.9 Å². The highest BCUT2D eigenvalue weighted by Crippen LogP contribution is 2.30. The van der Waals surface area contributed by atoms with E-state index >= 15 is 0 Å². The molecule has 0 aliphatic carbocycles. The second kappa shape index (κ2) is 5.97. The van der Waals surface area contributed by atoms with Gasteiger partial charge in [-0.05, 0) is 26.7 Å². The molecule has 2 rings (SSSR count). The number of hydrogen-bond acceptors (Lipinski definition) is 6. The molecule has 0 saturated carbocycles. The Labute approximate surface area is 123 Å². The molecular formula is C13H23N5OS. The van der Waals surface area contributed by atoms with Crippen LogP contribution < -0.4 is 16.4 Å². The highest BCUT2D eigenvalue weighted by Gasteiger charge is 2.25. The molecule has 0 radical (unpaired) electrons. The first-order valence-corrected chi connectivity index (χ1v) is 7.75. The largest absolute Gasteiger partial charge is 0.382 e. The Kier molecular flexibility index (Phi) is 4.49. The van der Waals surface area contributed by atoms with E-state index in [0.717, 1.165) is 31.1 Å². The molecule has 20 heavy (non-hydrogen) atoms. The monoisotopic (exact) mass is 297 g/mol. The van der Waals surface area contributed by atoms with Crippen LogP contribution in [0.2, 0.25) is 0 Å². The fourth-order valence-corrected chi connectivity index (χ4v) is 3.11. The van der Waals surface area contributed by atoms with Crippen molar-refractivity contribution in [3.63, 3.8) is 0 Å². The van der Waals surface area contributed by atoms with Gasteiger partial charge in [-0.1, -0.05) is 11.3 Å². The summed E-state index contributed by atoms with van der Waals surface area (Å²) in [6, 6.07) is 0.414. The van der Waals surface area contributed by atoms with E-state index in [9.17, 15) is 4.79 Å². The summed E-state index contributed by atoms with van der Waals surface area (Å²) in [5.74, 6) is 0.271. The summed E-state index contributed by atoms with van der Waals surface area (Å²) in [5.41, 5.74) is 11.8. The molecule has 1 aliphatic rings. The number of anilines is 2. The summed E-state index contributed by atoms with van der Waals surface area (Å²) < 4.78 is 0. The molecule has 4 N–H and O–H groups in total. The molecule has 1 saturated heterocycles. The van der Waals surface area contributed by atoms with Gasteiger partial charge < -0.3 is 21.3 Å². The Morgan fingerprint density at radius 1 is 1.45 bits per heavy atom. The standard InChI is InChI=1S/C13H23N5OS/c1-8(2)17(3)12(19)10-11(15)16-13(20-10)18-6-4-9(14)5-7-18/h8-9H,4-7,14-15H2,1-3H3. The molecule has 7 heteroatoms. The van der Waals surface area contributed by atoms with Crippen molar-refractivity contribution in [3.05, 3.63) is 4.88 Å². The van der Waals surface area contributed by atoms with Crippen molar-refractivity contribution >= 4 is 28.2 Å². The highest BCUT2D eigenvalue weighted by atomic mass is 32.1. The van der Waals surface area contributed by atoms with Gasteiger partial charge in [-0.3, -0.25) is 4.79 Å². The third-order valence-corrected chi connectivity index (χ3v) is 4.86. The molecular weight excluding hydrogens is 274 g/mol. The van der Waals surface area contributed by atoms with Crippen molar-refractivity contribution in [1.29, 1.82) is 0 Å². The van der Waals surface area contributed by atoms with Crippen molar-refractivity contribution in [1.82, 2.24) is 9.88 Å². The summed E-state index contributed by atoms with van der Waals surface area (Å²) in [4.78, 5) is 21.1. The number of nitrogens with zero attached hydrogens (tertiary/aromatic N) is 3. The van der Waals surface area contributed by atoms with Crippen LogP contribution in [-0.4, -0.2) is 48.0 Å². The molecule has 1 aliphatic heterocycles. The predicted molar refractivity (Wildman–Crippen MR) is 83.2 cm³/mol. The van der Waals surface area contributed by atoms with Crippen LogP contribution in [0.15, 0.2) is 0 Å². The molecule has 2 heterocycles. The third kappa shape index (κ3) is 3.04. The second-order valence-corrected chi connectivity index (χ2v) is 6.52. The van der Waals surface area contributed by atoms with Gasteiger partial charge >= 0.3 is 0 Å². The zero-order valence-electron chi connectivity index (χ0n) is 12.3. The fraction of sp³-hybridized carbons (Fsp3) is 0.692. The zero-order valence-corrected chi connectivity index (χ0v) is 13.1. The molecule has 1 fully saturated rings. The topological polar surface area (TPSA) is 88.5 Å². The van der Waals surface area contributed by atoms with E-state index in [1.54, 1.807) is 11.9 Å². The van der Waals surface area contributed by atoms with E-state index in [0.29, 0.717) is 10.7 Å². The van der Waals surface area contributed by atoms with E-state index < -0.39 is 0 Å². The Morgan fingerprint density at radius 3 is 2.60 bits per heavy atom. The first-order valence-electron chi connectivity index (χ1n) is 6.94. The number of carbonyl (C=O) groups is 1. The first kappa shape index (κ1) is 15.1. The number of carbonyl (C=O) groups excluding carboxylic acids is 1. The smallest absolute Gasteiger partial charge is 0.267 e. The van der Waals surface area contributed by atoms with Gasteiger partial charge in [0.2, 0.25) is 0 Å². The summed E-state index contributed by atoms with van der Waals surface area (Å²) in [6.45, 7) is 5.70. The molecule has 0 unspecified atom stereocenters. The summed E-state index contributed by atoms with van der Waals surface area (Å²) >= 11 is 1.38. The Morgan fingerprint density at radius 2 is 2.05 bits per heavy atom. The number of piperidine rings is 1. The molecule has 112 valence electrons. The van der Waals surface area contributed by atoms with E-state index in [1.807, 2.05) is 13.8 Å². The van der Waals surface area contributed by atoms with Crippen LogP contribution in [0.25, 0.3) is 0 Å². The Bertz CT molecular complexity index is 479. The minimum Gasteiger partial charge on any atom is -0.382 e. The quantitative estimate of drug-likeness (QED) is 0.873. The molecule has 1 amide bonds. The van der Waals surface area contributed by atoms with Crippen LogP contribution >= 0.6 is 11.3 Å². The van der Waals surface area contributed by atoms with Crippen LogP contribution in [0.1, 0.15) is 36.4 Å². The second-order valence-electron chi connectivity index (χ2n) is 5.55. The third-order valence-electron chi connectivity index (χ3n) is 3.74. The number of nitrogens with two attached hydrogens (primary N) is 2. The maximum atomic E-state index is 12.3. The molecule has 1 aromatic rings. The number of thiazole rings is 1. The van der Waals surface area contributed by atoms with Crippen LogP contribution in [0.5, 0.6) is 0 Å². The average Bonchev–Trinajstić information content (AvgIpc) is 2.79. The van der Waals surface area contributed by atoms with Gasteiger partial charge in [-0.2, -0.15) is 0 Å². The van der Waals surface area contributed by atoms with Crippen molar-refractivity contribution in [2.45, 2.75) is 38.8 Å². The van der Waals surface area contributed by atoms with Crippen molar-refractivity contribution in [2.75, 3.05) is 30.8 Å². The van der Waals surface area contributed by atoms with Gasteiger partial charge in [0.15, 0.2) is 5.13 Å². The van der Waals surface area contributed by atoms with Gasteiger partial charge in [0.25, 0.3) is 5.91 Å². The number of hydrogen-bond donors (Lipinski definition) is 2. The summed E-state index contributed by atoms with van der Waals surface area (Å²) in [5, 5.41) is 0.829. The summed E-state index contributed by atoms with van der Waals surface area (Å²) in [7, 11) is 1.78. The van der Waals surface area contributed by atoms with Crippen molar-refractivity contribution in [2.24, 2.45) is 5.73 Å². The molecule has 0 bridgehead atoms. The van der Waals surface area contributed by atoms with E-state index in [4.69, 9.17) is 11.5 Å². The highest BCUT2D eigenvalue weighted by molar-refractivity contribution is 7.18. The van der Waals surface area contributed by atoms with Gasteiger partial charge in [0, 0.05) is 32.2 Å². The van der Waals surface area contributed by atoms with Crippen LogP contribution in [0, 0.1) is 0 Å². The lowest BCUT2D eigenvalue weighted by Gasteiger charge is -2.29. The number of aromatic nitrogens is 1. The molecule has 0 aromatic carbocycles. The lowest BCUT2D eigenvalue weighted by molar-refractivity contribution is 0.0760. The van der Waals surface area contributed by atoms with E-state index in [2.05, 4.69) is 9.88 Å². The zero-order chi connectivity index (χ0) is 14.9. The lowest BCUT2D eigenvalue weighted by Crippen LogP contribution is -2.39. The minimum absolute atomic E-state index is 0.0602. The van der Waals surface area contributed by atoms with Crippen molar-refractivity contribution in [3.8, 4) is 0 Å². The fourth-order valence-electron chi connectivity index (χ4n) is 2.09. The van der Waals surface area contributed by atoms with Crippen LogP contribution in [0.3, 0.4) is 0 Å². The molecule has 0 spiro atoms. The molecule has 6 nitrogen and oxygen atoms in total. The lowest BCUT2D eigenvalue weighted by atomic mass is 10.1. The van der Waals surface area contributed by atoms with Gasteiger partial charge in [0.1, 0.15) is 10.7 Å². The minimum atomic E-state index is -0.0602. The first-order chi connectivity index (χ1) is 9.40. The van der Waals surface area contributed by atoms with E-state index in [-0.39, 0.29) is 18.0 Å². The maximum absolute atomic E-state index is 12.3. The summed E-state index contributed by atoms with van der Waals surface area (Å²) in [6.07, 6.45) is 1.91. The maximum Gasteiger partial charge on any atom is 0.267 e.